The zero-order chi connectivity index (χ0) is 14.4. The van der Waals surface area contributed by atoms with Gasteiger partial charge in [-0.05, 0) is 46.6 Å². The molecule has 106 valence electrons. The number of aryl methyl sites for hydroxylation is 2. The molecule has 1 aliphatic heterocycles. The lowest BCUT2D eigenvalue weighted by molar-refractivity contribution is 0.0694. The third-order valence-electron chi connectivity index (χ3n) is 4.25. The third-order valence-corrected chi connectivity index (χ3v) is 4.25. The summed E-state index contributed by atoms with van der Waals surface area (Å²) < 4.78 is 0. The average Bonchev–Trinajstić information content (AvgIpc) is 2.92. The van der Waals surface area contributed by atoms with Crippen LogP contribution in [0.1, 0.15) is 48.4 Å². The molecule has 0 bridgehead atoms. The van der Waals surface area contributed by atoms with Crippen LogP contribution in [0.5, 0.6) is 0 Å². The molecule has 0 spiro atoms. The first kappa shape index (κ1) is 13.1. The first-order chi connectivity index (χ1) is 9.49. The Labute approximate surface area is 118 Å². The van der Waals surface area contributed by atoms with Crippen molar-refractivity contribution in [3.05, 3.63) is 23.0 Å². The molecule has 5 heteroatoms. The van der Waals surface area contributed by atoms with E-state index in [1.54, 1.807) is 0 Å². The Kier molecular flexibility index (Phi) is 3.00. The van der Waals surface area contributed by atoms with E-state index in [2.05, 4.69) is 29.0 Å². The van der Waals surface area contributed by atoms with Crippen LogP contribution in [0.4, 0.5) is 0 Å². The van der Waals surface area contributed by atoms with Crippen molar-refractivity contribution in [3.8, 4) is 0 Å². The predicted octanol–water partition coefficient (Wildman–Crippen LogP) is 2.59. The summed E-state index contributed by atoms with van der Waals surface area (Å²) >= 11 is 0. The van der Waals surface area contributed by atoms with Crippen molar-refractivity contribution in [2.75, 3.05) is 0 Å². The van der Waals surface area contributed by atoms with Gasteiger partial charge in [-0.3, -0.25) is 9.89 Å². The van der Waals surface area contributed by atoms with Gasteiger partial charge in [-0.25, -0.2) is 4.98 Å². The van der Waals surface area contributed by atoms with Crippen LogP contribution < -0.4 is 0 Å². The second kappa shape index (κ2) is 4.58. The van der Waals surface area contributed by atoms with Crippen molar-refractivity contribution in [2.45, 2.75) is 52.6 Å². The number of aromatic amines is 1. The SMILES string of the molecule is Cc1cc(C(=O)N2C(C)CCC2C)c2c(C)[nH]nc2n1. The second-order valence-electron chi connectivity index (χ2n) is 5.85. The van der Waals surface area contributed by atoms with Crippen molar-refractivity contribution in [1.29, 1.82) is 0 Å². The van der Waals surface area contributed by atoms with Crippen LogP contribution in [-0.4, -0.2) is 38.1 Å². The zero-order valence-corrected chi connectivity index (χ0v) is 12.4. The number of carbonyl (C=O) groups excluding carboxylic acids is 1. The van der Waals surface area contributed by atoms with Crippen molar-refractivity contribution in [2.24, 2.45) is 0 Å². The van der Waals surface area contributed by atoms with E-state index in [1.807, 2.05) is 24.8 Å². The highest BCUT2D eigenvalue weighted by Crippen LogP contribution is 2.28. The van der Waals surface area contributed by atoms with Crippen LogP contribution in [0.25, 0.3) is 11.0 Å². The largest absolute Gasteiger partial charge is 0.333 e. The predicted molar refractivity (Wildman–Crippen MR) is 77.7 cm³/mol. The van der Waals surface area contributed by atoms with E-state index >= 15 is 0 Å². The van der Waals surface area contributed by atoms with Gasteiger partial charge < -0.3 is 4.90 Å². The minimum absolute atomic E-state index is 0.0995. The lowest BCUT2D eigenvalue weighted by Crippen LogP contribution is -2.38. The molecule has 3 rings (SSSR count). The lowest BCUT2D eigenvalue weighted by atomic mass is 10.1. The summed E-state index contributed by atoms with van der Waals surface area (Å²) in [5, 5.41) is 7.96. The van der Waals surface area contributed by atoms with E-state index in [9.17, 15) is 4.79 Å². The number of H-pyrrole nitrogens is 1. The number of aromatic nitrogens is 3. The average molecular weight is 272 g/mol. The summed E-state index contributed by atoms with van der Waals surface area (Å²) in [6, 6.07) is 2.48. The molecular formula is C15H20N4O. The third kappa shape index (κ3) is 1.88. The van der Waals surface area contributed by atoms with E-state index in [-0.39, 0.29) is 5.91 Å². The van der Waals surface area contributed by atoms with Gasteiger partial charge in [0, 0.05) is 23.5 Å². The number of likely N-dealkylation sites (tertiary alicyclic amines) is 1. The van der Waals surface area contributed by atoms with Crippen LogP contribution in [0.15, 0.2) is 6.07 Å². The number of pyridine rings is 1. The number of nitrogens with zero attached hydrogens (tertiary/aromatic N) is 3. The van der Waals surface area contributed by atoms with Crippen LogP contribution in [-0.2, 0) is 0 Å². The Morgan fingerprint density at radius 1 is 1.30 bits per heavy atom. The molecule has 3 heterocycles. The van der Waals surface area contributed by atoms with Crippen molar-refractivity contribution < 1.29 is 4.79 Å². The summed E-state index contributed by atoms with van der Waals surface area (Å²) in [4.78, 5) is 19.3. The van der Waals surface area contributed by atoms with Gasteiger partial charge in [0.15, 0.2) is 5.65 Å². The Morgan fingerprint density at radius 2 is 1.95 bits per heavy atom. The number of fused-ring (bicyclic) bond motifs is 1. The normalized spacial score (nSPS) is 22.7. The van der Waals surface area contributed by atoms with E-state index in [0.717, 1.165) is 35.2 Å². The molecule has 0 aliphatic carbocycles. The lowest BCUT2D eigenvalue weighted by Gasteiger charge is -2.26. The van der Waals surface area contributed by atoms with E-state index in [4.69, 9.17) is 0 Å². The number of hydrogen-bond acceptors (Lipinski definition) is 3. The highest BCUT2D eigenvalue weighted by atomic mass is 16.2. The van der Waals surface area contributed by atoms with Gasteiger partial charge in [0.2, 0.25) is 0 Å². The Balaban J connectivity index is 2.14. The fourth-order valence-corrected chi connectivity index (χ4v) is 3.20. The Hall–Kier alpha value is -1.91. The number of carbonyl (C=O) groups is 1. The van der Waals surface area contributed by atoms with Crippen molar-refractivity contribution in [1.82, 2.24) is 20.1 Å². The molecular weight excluding hydrogens is 252 g/mol. The van der Waals surface area contributed by atoms with Crippen LogP contribution in [0, 0.1) is 13.8 Å². The Morgan fingerprint density at radius 3 is 2.60 bits per heavy atom. The molecule has 5 nitrogen and oxygen atoms in total. The molecule has 1 saturated heterocycles. The fourth-order valence-electron chi connectivity index (χ4n) is 3.20. The molecule has 2 aromatic rings. The molecule has 2 atom stereocenters. The molecule has 2 aromatic heterocycles. The van der Waals surface area contributed by atoms with Crippen molar-refractivity contribution >= 4 is 16.9 Å². The summed E-state index contributed by atoms with van der Waals surface area (Å²) in [5.41, 5.74) is 3.08. The second-order valence-corrected chi connectivity index (χ2v) is 5.85. The van der Waals surface area contributed by atoms with E-state index < -0.39 is 0 Å². The first-order valence-corrected chi connectivity index (χ1v) is 7.14. The molecule has 20 heavy (non-hydrogen) atoms. The molecule has 1 aliphatic rings. The monoisotopic (exact) mass is 272 g/mol. The maximum atomic E-state index is 12.9. The van der Waals surface area contributed by atoms with Gasteiger partial charge in [-0.15, -0.1) is 0 Å². The molecule has 1 N–H and O–H groups in total. The van der Waals surface area contributed by atoms with E-state index in [0.29, 0.717) is 17.7 Å². The van der Waals surface area contributed by atoms with Crippen molar-refractivity contribution in [3.63, 3.8) is 0 Å². The molecule has 0 aromatic carbocycles. The first-order valence-electron chi connectivity index (χ1n) is 7.14. The van der Waals surface area contributed by atoms with Gasteiger partial charge in [0.25, 0.3) is 5.91 Å². The smallest absolute Gasteiger partial charge is 0.255 e. The van der Waals surface area contributed by atoms with Crippen LogP contribution in [0.3, 0.4) is 0 Å². The maximum absolute atomic E-state index is 12.9. The summed E-state index contributed by atoms with van der Waals surface area (Å²) in [5.74, 6) is 0.0995. The molecule has 1 amide bonds. The summed E-state index contributed by atoms with van der Waals surface area (Å²) in [6.45, 7) is 8.07. The number of nitrogens with one attached hydrogen (secondary N) is 1. The quantitative estimate of drug-likeness (QED) is 0.868. The summed E-state index contributed by atoms with van der Waals surface area (Å²) in [6.07, 6.45) is 2.15. The minimum Gasteiger partial charge on any atom is -0.333 e. The summed E-state index contributed by atoms with van der Waals surface area (Å²) in [7, 11) is 0. The van der Waals surface area contributed by atoms with Gasteiger partial charge >= 0.3 is 0 Å². The maximum Gasteiger partial charge on any atom is 0.255 e. The Bertz CT molecular complexity index is 666. The van der Waals surface area contributed by atoms with E-state index in [1.165, 1.54) is 0 Å². The molecule has 2 unspecified atom stereocenters. The highest BCUT2D eigenvalue weighted by molar-refractivity contribution is 6.06. The van der Waals surface area contributed by atoms with Crippen LogP contribution in [0.2, 0.25) is 0 Å². The van der Waals surface area contributed by atoms with Gasteiger partial charge in [-0.1, -0.05) is 0 Å². The van der Waals surface area contributed by atoms with Gasteiger partial charge in [0.05, 0.1) is 10.9 Å². The minimum atomic E-state index is 0.0995. The number of rotatable bonds is 1. The molecule has 0 radical (unpaired) electrons. The number of amides is 1. The standard InChI is InChI=1S/C15H20N4O/c1-8-7-12(13-11(4)17-18-14(13)16-8)15(20)19-9(2)5-6-10(19)3/h7,9-10H,5-6H2,1-4H3,(H,16,17,18). The fraction of sp³-hybridized carbons (Fsp3) is 0.533. The zero-order valence-electron chi connectivity index (χ0n) is 12.4. The highest BCUT2D eigenvalue weighted by Gasteiger charge is 2.33. The molecule has 1 fully saturated rings. The topological polar surface area (TPSA) is 61.9 Å². The molecule has 0 saturated carbocycles. The van der Waals surface area contributed by atoms with Gasteiger partial charge in [-0.2, -0.15) is 5.10 Å². The van der Waals surface area contributed by atoms with Crippen LogP contribution >= 0.6 is 0 Å². The van der Waals surface area contributed by atoms with Gasteiger partial charge in [0.1, 0.15) is 0 Å². The number of hydrogen-bond donors (Lipinski definition) is 1.